The van der Waals surface area contributed by atoms with Gasteiger partial charge < -0.3 is 19.9 Å². The van der Waals surface area contributed by atoms with E-state index in [4.69, 9.17) is 19.9 Å². The molecule has 2 N–H and O–H groups in total. The highest BCUT2D eigenvalue weighted by Crippen LogP contribution is 2.36. The summed E-state index contributed by atoms with van der Waals surface area (Å²) in [4.78, 5) is 0. The Bertz CT molecular complexity index is 378. The lowest BCUT2D eigenvalue weighted by molar-refractivity contribution is 0.295. The number of benzene rings is 1. The highest BCUT2D eigenvalue weighted by atomic mass is 16.5. The number of ether oxygens (including phenoxy) is 3. The van der Waals surface area contributed by atoms with Crippen molar-refractivity contribution in [3.8, 4) is 17.2 Å². The Morgan fingerprint density at radius 2 is 1.67 bits per heavy atom. The molecule has 0 aromatic heterocycles. The van der Waals surface area contributed by atoms with Crippen LogP contribution in [0.1, 0.15) is 26.7 Å². The van der Waals surface area contributed by atoms with Gasteiger partial charge in [0.1, 0.15) is 5.75 Å². The van der Waals surface area contributed by atoms with Gasteiger partial charge in [0.25, 0.3) is 0 Å². The second kappa shape index (κ2) is 6.99. The molecule has 4 nitrogen and oxygen atoms in total. The van der Waals surface area contributed by atoms with E-state index in [1.165, 1.54) is 0 Å². The van der Waals surface area contributed by atoms with E-state index in [1.54, 1.807) is 26.4 Å². The Balaban J connectivity index is 2.65. The molecule has 0 aliphatic rings. The normalized spacial score (nSPS) is 10.5. The predicted octanol–water partition coefficient (Wildman–Crippen LogP) is 3.10. The smallest absolute Gasteiger partial charge is 0.164 e. The fraction of sp³-hybridized carbons (Fsp3) is 0.571. The summed E-state index contributed by atoms with van der Waals surface area (Å²) in [5.74, 6) is 2.59. The molecule has 0 radical (unpaired) electrons. The van der Waals surface area contributed by atoms with Crippen molar-refractivity contribution in [1.29, 1.82) is 0 Å². The maximum Gasteiger partial charge on any atom is 0.164 e. The molecule has 0 aliphatic carbocycles. The third kappa shape index (κ3) is 4.02. The SMILES string of the molecule is COc1cc(N)c(OCCCC(C)C)cc1OC. The molecule has 0 saturated carbocycles. The van der Waals surface area contributed by atoms with Gasteiger partial charge in [-0.2, -0.15) is 0 Å². The van der Waals surface area contributed by atoms with Crippen LogP contribution >= 0.6 is 0 Å². The van der Waals surface area contributed by atoms with Crippen LogP contribution in [-0.2, 0) is 0 Å². The lowest BCUT2D eigenvalue weighted by Gasteiger charge is -2.13. The van der Waals surface area contributed by atoms with E-state index in [-0.39, 0.29) is 0 Å². The number of hydrogen-bond acceptors (Lipinski definition) is 4. The molecule has 1 aromatic carbocycles. The average Bonchev–Trinajstić information content (AvgIpc) is 2.35. The Hall–Kier alpha value is -1.58. The van der Waals surface area contributed by atoms with Gasteiger partial charge in [0.15, 0.2) is 11.5 Å². The van der Waals surface area contributed by atoms with Crippen molar-refractivity contribution in [2.75, 3.05) is 26.6 Å². The van der Waals surface area contributed by atoms with E-state index in [9.17, 15) is 0 Å². The largest absolute Gasteiger partial charge is 0.493 e. The summed E-state index contributed by atoms with van der Waals surface area (Å²) < 4.78 is 16.1. The number of methoxy groups -OCH3 is 2. The van der Waals surface area contributed by atoms with Crippen molar-refractivity contribution in [2.24, 2.45) is 5.92 Å². The number of nitrogens with two attached hydrogens (primary N) is 1. The Morgan fingerprint density at radius 3 is 2.22 bits per heavy atom. The van der Waals surface area contributed by atoms with Gasteiger partial charge >= 0.3 is 0 Å². The molecule has 18 heavy (non-hydrogen) atoms. The van der Waals surface area contributed by atoms with Crippen LogP contribution in [0.15, 0.2) is 12.1 Å². The van der Waals surface area contributed by atoms with Gasteiger partial charge in [-0.25, -0.2) is 0 Å². The minimum atomic E-state index is 0.567. The van der Waals surface area contributed by atoms with E-state index < -0.39 is 0 Å². The number of nitrogen functional groups attached to an aromatic ring is 1. The molecule has 0 bridgehead atoms. The molecule has 102 valence electrons. The van der Waals surface area contributed by atoms with Gasteiger partial charge in [0, 0.05) is 12.1 Å². The third-order valence-electron chi connectivity index (χ3n) is 2.70. The van der Waals surface area contributed by atoms with Gasteiger partial charge in [0.2, 0.25) is 0 Å². The van der Waals surface area contributed by atoms with Gasteiger partial charge in [-0.05, 0) is 18.8 Å². The zero-order valence-corrected chi connectivity index (χ0v) is 11.7. The summed E-state index contributed by atoms with van der Waals surface area (Å²) in [5, 5.41) is 0. The van der Waals surface area contributed by atoms with E-state index in [0.717, 1.165) is 12.8 Å². The summed E-state index contributed by atoms with van der Waals surface area (Å²) in [5.41, 5.74) is 6.47. The molecule has 0 unspecified atom stereocenters. The van der Waals surface area contributed by atoms with Crippen LogP contribution in [0.4, 0.5) is 5.69 Å². The molecule has 0 heterocycles. The molecular weight excluding hydrogens is 230 g/mol. The van der Waals surface area contributed by atoms with Crippen LogP contribution in [0.3, 0.4) is 0 Å². The van der Waals surface area contributed by atoms with Crippen molar-refractivity contribution in [3.63, 3.8) is 0 Å². The molecule has 0 atom stereocenters. The summed E-state index contributed by atoms with van der Waals surface area (Å²) in [6.45, 7) is 5.06. The van der Waals surface area contributed by atoms with Crippen LogP contribution in [0.5, 0.6) is 17.2 Å². The van der Waals surface area contributed by atoms with Crippen LogP contribution in [0.25, 0.3) is 0 Å². The number of rotatable bonds is 7. The molecule has 1 rings (SSSR count). The maximum absolute atomic E-state index is 5.90. The second-order valence-corrected chi connectivity index (χ2v) is 4.63. The fourth-order valence-electron chi connectivity index (χ4n) is 1.67. The van der Waals surface area contributed by atoms with Gasteiger partial charge in [0.05, 0.1) is 26.5 Å². The lowest BCUT2D eigenvalue weighted by Crippen LogP contribution is -2.03. The van der Waals surface area contributed by atoms with Crippen LogP contribution < -0.4 is 19.9 Å². The van der Waals surface area contributed by atoms with Gasteiger partial charge in [-0.3, -0.25) is 0 Å². The van der Waals surface area contributed by atoms with E-state index in [0.29, 0.717) is 35.5 Å². The first-order valence-corrected chi connectivity index (χ1v) is 6.22. The monoisotopic (exact) mass is 253 g/mol. The molecule has 0 aliphatic heterocycles. The minimum Gasteiger partial charge on any atom is -0.493 e. The van der Waals surface area contributed by atoms with Crippen molar-refractivity contribution >= 4 is 5.69 Å². The topological polar surface area (TPSA) is 53.7 Å². The van der Waals surface area contributed by atoms with Crippen LogP contribution in [0, 0.1) is 5.92 Å². The highest BCUT2D eigenvalue weighted by molar-refractivity contribution is 5.61. The molecule has 4 heteroatoms. The summed E-state index contributed by atoms with van der Waals surface area (Å²) in [6, 6.07) is 3.49. The van der Waals surface area contributed by atoms with Gasteiger partial charge in [-0.15, -0.1) is 0 Å². The van der Waals surface area contributed by atoms with Crippen LogP contribution in [0.2, 0.25) is 0 Å². The van der Waals surface area contributed by atoms with Crippen molar-refractivity contribution in [1.82, 2.24) is 0 Å². The van der Waals surface area contributed by atoms with Crippen molar-refractivity contribution in [3.05, 3.63) is 12.1 Å². The number of hydrogen-bond donors (Lipinski definition) is 1. The molecule has 0 fully saturated rings. The Morgan fingerprint density at radius 1 is 1.06 bits per heavy atom. The standard InChI is InChI=1S/C14H23NO3/c1-10(2)6-5-7-18-12-9-14(17-4)13(16-3)8-11(12)15/h8-10H,5-7,15H2,1-4H3. The fourth-order valence-corrected chi connectivity index (χ4v) is 1.67. The Kier molecular flexibility index (Phi) is 5.62. The zero-order chi connectivity index (χ0) is 13.5. The molecule has 0 saturated heterocycles. The Labute approximate surface area is 109 Å². The van der Waals surface area contributed by atoms with E-state index in [1.807, 2.05) is 0 Å². The average molecular weight is 253 g/mol. The minimum absolute atomic E-state index is 0.567. The summed E-state index contributed by atoms with van der Waals surface area (Å²) in [6.07, 6.45) is 2.17. The molecule has 0 spiro atoms. The van der Waals surface area contributed by atoms with Gasteiger partial charge in [-0.1, -0.05) is 13.8 Å². The molecule has 0 amide bonds. The first-order chi connectivity index (χ1) is 8.58. The maximum atomic E-state index is 5.90. The quantitative estimate of drug-likeness (QED) is 0.599. The van der Waals surface area contributed by atoms with Crippen molar-refractivity contribution < 1.29 is 14.2 Å². The highest BCUT2D eigenvalue weighted by Gasteiger charge is 2.10. The third-order valence-corrected chi connectivity index (χ3v) is 2.70. The molecular formula is C14H23NO3. The lowest BCUT2D eigenvalue weighted by atomic mass is 10.1. The first-order valence-electron chi connectivity index (χ1n) is 6.22. The molecule has 1 aromatic rings. The van der Waals surface area contributed by atoms with E-state index in [2.05, 4.69) is 13.8 Å². The number of anilines is 1. The summed E-state index contributed by atoms with van der Waals surface area (Å²) >= 11 is 0. The second-order valence-electron chi connectivity index (χ2n) is 4.63. The van der Waals surface area contributed by atoms with E-state index >= 15 is 0 Å². The zero-order valence-electron chi connectivity index (χ0n) is 11.7. The van der Waals surface area contributed by atoms with Crippen molar-refractivity contribution in [2.45, 2.75) is 26.7 Å². The van der Waals surface area contributed by atoms with Crippen LogP contribution in [-0.4, -0.2) is 20.8 Å². The summed E-state index contributed by atoms with van der Waals surface area (Å²) in [7, 11) is 3.18. The predicted molar refractivity (Wildman–Crippen MR) is 73.5 cm³/mol. The first kappa shape index (κ1) is 14.5.